The van der Waals surface area contributed by atoms with Gasteiger partial charge in [0, 0.05) is 22.6 Å². The number of phenolic OH excluding ortho intramolecular Hbond substituents is 1. The van der Waals surface area contributed by atoms with E-state index in [-0.39, 0.29) is 47.2 Å². The Bertz CT molecular complexity index is 1170. The second-order valence-electron chi connectivity index (χ2n) is 8.51. The number of hydrogen-bond acceptors (Lipinski definition) is 6. The third kappa shape index (κ3) is 2.72. The van der Waals surface area contributed by atoms with Gasteiger partial charge in [0.2, 0.25) is 11.8 Å². The Kier molecular flexibility index (Phi) is 4.25. The summed E-state index contributed by atoms with van der Waals surface area (Å²) in [6, 6.07) is 4.85. The van der Waals surface area contributed by atoms with Crippen molar-refractivity contribution >= 4 is 23.4 Å². The average molecular weight is 419 g/mol. The third-order valence-corrected chi connectivity index (χ3v) is 6.94. The van der Waals surface area contributed by atoms with Crippen LogP contribution in [0.25, 0.3) is 0 Å². The van der Waals surface area contributed by atoms with Crippen molar-refractivity contribution in [2.45, 2.75) is 25.7 Å². The van der Waals surface area contributed by atoms with E-state index in [9.17, 15) is 24.3 Å². The van der Waals surface area contributed by atoms with Gasteiger partial charge in [-0.05, 0) is 49.5 Å². The highest BCUT2D eigenvalue weighted by Gasteiger charge is 2.53. The van der Waals surface area contributed by atoms with E-state index in [1.54, 1.807) is 19.1 Å². The van der Waals surface area contributed by atoms with E-state index in [0.717, 1.165) is 5.57 Å². The van der Waals surface area contributed by atoms with Crippen molar-refractivity contribution in [2.75, 3.05) is 7.11 Å². The van der Waals surface area contributed by atoms with Crippen LogP contribution in [0.1, 0.15) is 31.2 Å². The number of allylic oxidation sites excluding steroid dienone is 6. The number of nitrogens with one attached hydrogen (secondary N) is 1. The summed E-state index contributed by atoms with van der Waals surface area (Å²) < 4.78 is 5.26. The average Bonchev–Trinajstić information content (AvgIpc) is 3.05. The van der Waals surface area contributed by atoms with Crippen LogP contribution in [0.2, 0.25) is 0 Å². The van der Waals surface area contributed by atoms with Crippen LogP contribution in [-0.4, -0.2) is 35.6 Å². The summed E-state index contributed by atoms with van der Waals surface area (Å²) in [5.74, 6) is -2.71. The fourth-order valence-corrected chi connectivity index (χ4v) is 5.53. The summed E-state index contributed by atoms with van der Waals surface area (Å²) in [4.78, 5) is 51.0. The molecule has 0 spiro atoms. The van der Waals surface area contributed by atoms with Crippen molar-refractivity contribution < 1.29 is 29.0 Å². The van der Waals surface area contributed by atoms with Gasteiger partial charge in [-0.15, -0.1) is 0 Å². The molecule has 2 amide bonds. The first-order valence-electron chi connectivity index (χ1n) is 10.2. The number of methoxy groups -OCH3 is 1. The maximum absolute atomic E-state index is 13.2. The second-order valence-corrected chi connectivity index (χ2v) is 8.51. The van der Waals surface area contributed by atoms with Crippen molar-refractivity contribution in [3.8, 4) is 11.5 Å². The van der Waals surface area contributed by atoms with E-state index in [2.05, 4.69) is 5.32 Å². The zero-order valence-corrected chi connectivity index (χ0v) is 17.1. The molecule has 4 aliphatic rings. The number of Topliss-reactive ketones (excluding diaryl/α,β-unsaturated/α-hetero) is 1. The van der Waals surface area contributed by atoms with E-state index in [4.69, 9.17) is 4.74 Å². The molecule has 4 unspecified atom stereocenters. The molecule has 31 heavy (non-hydrogen) atoms. The maximum atomic E-state index is 13.2. The fraction of sp³-hybridized carbons (Fsp3) is 0.333. The van der Waals surface area contributed by atoms with Crippen LogP contribution in [0, 0.1) is 17.8 Å². The molecule has 1 fully saturated rings. The Morgan fingerprint density at radius 3 is 2.61 bits per heavy atom. The van der Waals surface area contributed by atoms with E-state index < -0.39 is 17.8 Å². The second kappa shape index (κ2) is 6.77. The molecule has 0 saturated carbocycles. The smallest absolute Gasteiger partial charge is 0.231 e. The normalized spacial score (nSPS) is 29.6. The molecule has 0 aromatic heterocycles. The predicted octanol–water partition coefficient (Wildman–Crippen LogP) is 2.12. The van der Waals surface area contributed by atoms with E-state index in [1.165, 1.54) is 19.3 Å². The molecule has 1 heterocycles. The van der Waals surface area contributed by atoms with Gasteiger partial charge in [0.25, 0.3) is 0 Å². The molecular weight excluding hydrogens is 398 g/mol. The molecule has 4 atom stereocenters. The van der Waals surface area contributed by atoms with E-state index >= 15 is 0 Å². The van der Waals surface area contributed by atoms with Gasteiger partial charge in [-0.25, -0.2) is 0 Å². The molecule has 0 bridgehead atoms. The van der Waals surface area contributed by atoms with Crippen LogP contribution in [0.3, 0.4) is 0 Å². The summed E-state index contributed by atoms with van der Waals surface area (Å²) in [6.07, 6.45) is 3.95. The number of fused-ring (bicyclic) bond motifs is 3. The van der Waals surface area contributed by atoms with Gasteiger partial charge >= 0.3 is 0 Å². The maximum Gasteiger partial charge on any atom is 0.231 e. The number of ether oxygens (including phenoxy) is 1. The van der Waals surface area contributed by atoms with Crippen LogP contribution in [0.4, 0.5) is 0 Å². The SMILES string of the molecule is COc1cc(C2C3=CCC4C(=O)NC(=O)C4C3CC3=C2C(=O)C(C)=CC3=O)ccc1O. The molecule has 7 heteroatoms. The number of ketones is 2. The highest BCUT2D eigenvalue weighted by Crippen LogP contribution is 2.54. The van der Waals surface area contributed by atoms with Gasteiger partial charge in [0.1, 0.15) is 0 Å². The molecule has 2 N–H and O–H groups in total. The Balaban J connectivity index is 1.73. The standard InChI is InChI=1S/C24H21NO6/c1-10-7-17(27)15-9-14-12(4-5-13-20(14)24(30)25-23(13)29)19(21(15)22(10)28)11-3-6-16(26)18(8-11)31-2/h3-4,6-8,13-14,19-20,26H,5,9H2,1-2H3,(H,25,29,30). The van der Waals surface area contributed by atoms with Crippen LogP contribution in [0.5, 0.6) is 11.5 Å². The largest absolute Gasteiger partial charge is 0.504 e. The topological polar surface area (TPSA) is 110 Å². The minimum absolute atomic E-state index is 0.0339. The lowest BCUT2D eigenvalue weighted by atomic mass is 9.59. The van der Waals surface area contributed by atoms with Crippen molar-refractivity contribution in [1.29, 1.82) is 0 Å². The van der Waals surface area contributed by atoms with E-state index in [0.29, 0.717) is 28.7 Å². The minimum atomic E-state index is -0.557. The van der Waals surface area contributed by atoms with Crippen molar-refractivity contribution in [3.05, 3.63) is 58.2 Å². The Labute approximate surface area is 178 Å². The summed E-state index contributed by atoms with van der Waals surface area (Å²) in [6.45, 7) is 1.62. The predicted molar refractivity (Wildman–Crippen MR) is 109 cm³/mol. The molecule has 0 radical (unpaired) electrons. The molecule has 1 aliphatic heterocycles. The summed E-state index contributed by atoms with van der Waals surface area (Å²) >= 11 is 0. The molecule has 1 saturated heterocycles. The highest BCUT2D eigenvalue weighted by molar-refractivity contribution is 6.23. The number of carbonyl (C=O) groups excluding carboxylic acids is 4. The zero-order valence-electron chi connectivity index (χ0n) is 17.1. The van der Waals surface area contributed by atoms with Crippen molar-refractivity contribution in [1.82, 2.24) is 5.32 Å². The fourth-order valence-electron chi connectivity index (χ4n) is 5.53. The lowest BCUT2D eigenvalue weighted by Crippen LogP contribution is -2.39. The number of aromatic hydroxyl groups is 1. The number of hydrogen-bond donors (Lipinski definition) is 2. The first kappa shape index (κ1) is 19.5. The quantitative estimate of drug-likeness (QED) is 0.432. The van der Waals surface area contributed by atoms with Gasteiger partial charge in [0.15, 0.2) is 23.1 Å². The Morgan fingerprint density at radius 2 is 1.87 bits per heavy atom. The van der Waals surface area contributed by atoms with Crippen molar-refractivity contribution in [3.63, 3.8) is 0 Å². The van der Waals surface area contributed by atoms with Gasteiger partial charge in [0.05, 0.1) is 18.9 Å². The molecular formula is C24H21NO6. The lowest BCUT2D eigenvalue weighted by molar-refractivity contribution is -0.126. The summed E-state index contributed by atoms with van der Waals surface area (Å²) in [7, 11) is 1.44. The number of amides is 2. The van der Waals surface area contributed by atoms with Gasteiger partial charge < -0.3 is 9.84 Å². The Morgan fingerprint density at radius 1 is 1.10 bits per heavy atom. The number of carbonyl (C=O) groups is 4. The molecule has 1 aromatic carbocycles. The molecule has 5 rings (SSSR count). The first-order chi connectivity index (χ1) is 14.8. The van der Waals surface area contributed by atoms with E-state index in [1.807, 2.05) is 6.08 Å². The molecule has 7 nitrogen and oxygen atoms in total. The van der Waals surface area contributed by atoms with Crippen molar-refractivity contribution in [2.24, 2.45) is 17.8 Å². The number of phenols is 1. The highest BCUT2D eigenvalue weighted by atomic mass is 16.5. The van der Waals surface area contributed by atoms with Gasteiger partial charge in [-0.2, -0.15) is 0 Å². The number of rotatable bonds is 2. The van der Waals surface area contributed by atoms with Crippen LogP contribution in [0.15, 0.2) is 52.6 Å². The molecule has 158 valence electrons. The van der Waals surface area contributed by atoms with Gasteiger partial charge in [-0.3, -0.25) is 24.5 Å². The zero-order chi connectivity index (χ0) is 22.0. The third-order valence-electron chi connectivity index (χ3n) is 6.94. The number of benzene rings is 1. The number of imide groups is 1. The lowest BCUT2D eigenvalue weighted by Gasteiger charge is -2.42. The minimum Gasteiger partial charge on any atom is -0.504 e. The van der Waals surface area contributed by atoms with Crippen LogP contribution in [-0.2, 0) is 19.2 Å². The van der Waals surface area contributed by atoms with Gasteiger partial charge in [-0.1, -0.05) is 17.7 Å². The Hall–Kier alpha value is -3.48. The monoisotopic (exact) mass is 419 g/mol. The molecule has 1 aromatic rings. The van der Waals surface area contributed by atoms with Crippen LogP contribution >= 0.6 is 0 Å². The summed E-state index contributed by atoms with van der Waals surface area (Å²) in [5.41, 5.74) is 2.76. The first-order valence-corrected chi connectivity index (χ1v) is 10.2. The molecule has 3 aliphatic carbocycles. The summed E-state index contributed by atoms with van der Waals surface area (Å²) in [5, 5.41) is 12.5. The van der Waals surface area contributed by atoms with Crippen LogP contribution < -0.4 is 10.1 Å².